The molecule has 0 heterocycles. The Morgan fingerprint density at radius 1 is 0.789 bits per heavy atom. The molecule has 0 amide bonds. The Hall–Kier alpha value is 0.390. The summed E-state index contributed by atoms with van der Waals surface area (Å²) in [5, 5.41) is 0. The second-order valence-electron chi connectivity index (χ2n) is 6.98. The minimum Gasteiger partial charge on any atom is -0.309 e. The molecule has 2 heteroatoms. The first-order valence-corrected chi connectivity index (χ1v) is 10.3. The lowest BCUT2D eigenvalue weighted by molar-refractivity contribution is 0.408. The van der Waals surface area contributed by atoms with Gasteiger partial charge in [0.05, 0.1) is 0 Å². The van der Waals surface area contributed by atoms with Crippen LogP contribution in [0.25, 0.3) is 0 Å². The van der Waals surface area contributed by atoms with E-state index in [0.29, 0.717) is 7.92 Å². The van der Waals surface area contributed by atoms with Crippen LogP contribution in [0.4, 0.5) is 0 Å². The topological polar surface area (TPSA) is 3.24 Å². The third-order valence-corrected chi connectivity index (χ3v) is 8.85. The van der Waals surface area contributed by atoms with Crippen LogP contribution in [-0.4, -0.2) is 43.0 Å². The molecule has 0 radical (unpaired) electrons. The van der Waals surface area contributed by atoms with Crippen molar-refractivity contribution in [2.75, 3.05) is 26.8 Å². The molecule has 0 aromatic rings. The van der Waals surface area contributed by atoms with Gasteiger partial charge in [0.25, 0.3) is 0 Å². The molecule has 1 nitrogen and oxygen atoms in total. The van der Waals surface area contributed by atoms with Gasteiger partial charge in [0, 0.05) is 0 Å². The first kappa shape index (κ1) is 15.8. The molecule has 19 heavy (non-hydrogen) atoms. The summed E-state index contributed by atoms with van der Waals surface area (Å²) in [7, 11) is 4.80. The van der Waals surface area contributed by atoms with Crippen molar-refractivity contribution < 1.29 is 0 Å². The molecule has 112 valence electrons. The summed E-state index contributed by atoms with van der Waals surface area (Å²) < 4.78 is 0. The van der Waals surface area contributed by atoms with Crippen molar-refractivity contribution in [3.8, 4) is 0 Å². The van der Waals surface area contributed by atoms with Crippen molar-refractivity contribution in [2.45, 2.75) is 81.9 Å². The fourth-order valence-corrected chi connectivity index (χ4v) is 7.95. The molecule has 0 aliphatic heterocycles. The second-order valence-corrected chi connectivity index (χ2v) is 9.91. The Bertz CT molecular complexity index is 211. The van der Waals surface area contributed by atoms with Gasteiger partial charge in [-0.2, -0.15) is 0 Å². The van der Waals surface area contributed by atoms with E-state index in [2.05, 4.69) is 19.0 Å². The Balaban J connectivity index is 1.86. The summed E-state index contributed by atoms with van der Waals surface area (Å²) in [5.74, 6) is 0. The average Bonchev–Trinajstić information content (AvgIpc) is 2.45. The highest BCUT2D eigenvalue weighted by Gasteiger charge is 2.30. The molecule has 0 aromatic carbocycles. The molecule has 0 N–H and O–H groups in total. The highest BCUT2D eigenvalue weighted by molar-refractivity contribution is 7.59. The van der Waals surface area contributed by atoms with Crippen LogP contribution < -0.4 is 0 Å². The maximum absolute atomic E-state index is 2.37. The van der Waals surface area contributed by atoms with Gasteiger partial charge in [-0.25, -0.2) is 0 Å². The van der Waals surface area contributed by atoms with Crippen molar-refractivity contribution in [2.24, 2.45) is 0 Å². The smallest absolute Gasteiger partial charge is 0.00215 e. The molecule has 2 aliphatic carbocycles. The van der Waals surface area contributed by atoms with Crippen LogP contribution in [-0.2, 0) is 0 Å². The Kier molecular flexibility index (Phi) is 7.16. The van der Waals surface area contributed by atoms with Gasteiger partial charge in [0.2, 0.25) is 0 Å². The van der Waals surface area contributed by atoms with E-state index in [1.165, 1.54) is 51.5 Å². The number of rotatable bonds is 6. The van der Waals surface area contributed by atoms with E-state index >= 15 is 0 Å². The third-order valence-electron chi connectivity index (χ3n) is 5.11. The van der Waals surface area contributed by atoms with Gasteiger partial charge in [-0.15, -0.1) is 7.92 Å². The first-order valence-electron chi connectivity index (χ1n) is 8.68. The van der Waals surface area contributed by atoms with Gasteiger partial charge in [-0.05, 0) is 70.2 Å². The van der Waals surface area contributed by atoms with Crippen molar-refractivity contribution in [1.29, 1.82) is 0 Å². The van der Waals surface area contributed by atoms with Crippen LogP contribution >= 0.6 is 7.92 Å². The van der Waals surface area contributed by atoms with Crippen molar-refractivity contribution in [3.63, 3.8) is 0 Å². The molecule has 0 atom stereocenters. The quantitative estimate of drug-likeness (QED) is 0.614. The molecular formula is C17H34NP. The van der Waals surface area contributed by atoms with Gasteiger partial charge >= 0.3 is 0 Å². The third kappa shape index (κ3) is 5.35. The SMILES string of the molecule is CN(C)CCCP(C1CCCCC1)C1CCCCC1. The van der Waals surface area contributed by atoms with Gasteiger partial charge < -0.3 is 4.90 Å². The summed E-state index contributed by atoms with van der Waals surface area (Å²) in [6.45, 7) is 1.30. The molecule has 2 saturated carbocycles. The van der Waals surface area contributed by atoms with E-state index in [4.69, 9.17) is 0 Å². The van der Waals surface area contributed by atoms with Crippen LogP contribution in [0.3, 0.4) is 0 Å². The summed E-state index contributed by atoms with van der Waals surface area (Å²) in [4.78, 5) is 2.37. The lowest BCUT2D eigenvalue weighted by Gasteiger charge is -2.38. The maximum Gasteiger partial charge on any atom is -0.00215 e. The zero-order valence-electron chi connectivity index (χ0n) is 13.2. The van der Waals surface area contributed by atoms with E-state index in [-0.39, 0.29) is 0 Å². The van der Waals surface area contributed by atoms with Crippen molar-refractivity contribution >= 4 is 7.92 Å². The van der Waals surface area contributed by atoms with Gasteiger partial charge in [0.15, 0.2) is 0 Å². The van der Waals surface area contributed by atoms with Crippen LogP contribution in [0.15, 0.2) is 0 Å². The minimum absolute atomic E-state index is 0.346. The predicted molar refractivity (Wildman–Crippen MR) is 88.7 cm³/mol. The lowest BCUT2D eigenvalue weighted by atomic mass is 9.99. The summed E-state index contributed by atoms with van der Waals surface area (Å²) in [6.07, 6.45) is 18.5. The van der Waals surface area contributed by atoms with E-state index in [0.717, 1.165) is 11.3 Å². The Morgan fingerprint density at radius 3 is 1.68 bits per heavy atom. The van der Waals surface area contributed by atoms with Crippen LogP contribution in [0.5, 0.6) is 0 Å². The maximum atomic E-state index is 2.37. The van der Waals surface area contributed by atoms with Crippen LogP contribution in [0, 0.1) is 0 Å². The van der Waals surface area contributed by atoms with Gasteiger partial charge in [-0.1, -0.05) is 38.5 Å². The normalized spacial score (nSPS) is 23.4. The second kappa shape index (κ2) is 8.63. The fraction of sp³-hybridized carbons (Fsp3) is 1.00. The highest BCUT2D eigenvalue weighted by Crippen LogP contribution is 2.55. The molecule has 2 aliphatic rings. The van der Waals surface area contributed by atoms with Crippen molar-refractivity contribution in [3.05, 3.63) is 0 Å². The molecule has 0 bridgehead atoms. The standard InChI is InChI=1S/C17H34NP/c1-18(2)14-9-15-19(16-10-5-3-6-11-16)17-12-7-4-8-13-17/h16-17H,3-15H2,1-2H3. The molecular weight excluding hydrogens is 249 g/mol. The van der Waals surface area contributed by atoms with Crippen LogP contribution in [0.1, 0.15) is 70.6 Å². The molecule has 0 unspecified atom stereocenters. The largest absolute Gasteiger partial charge is 0.309 e. The fourth-order valence-electron chi connectivity index (χ4n) is 4.06. The zero-order valence-corrected chi connectivity index (χ0v) is 14.1. The molecule has 0 spiro atoms. The summed E-state index contributed by atoms with van der Waals surface area (Å²) in [6, 6.07) is 0. The van der Waals surface area contributed by atoms with E-state index in [9.17, 15) is 0 Å². The molecule has 2 rings (SSSR count). The van der Waals surface area contributed by atoms with Crippen LogP contribution in [0.2, 0.25) is 0 Å². The van der Waals surface area contributed by atoms with Crippen molar-refractivity contribution in [1.82, 2.24) is 4.90 Å². The first-order chi connectivity index (χ1) is 9.27. The van der Waals surface area contributed by atoms with E-state index in [1.807, 2.05) is 0 Å². The lowest BCUT2D eigenvalue weighted by Crippen LogP contribution is -2.23. The van der Waals surface area contributed by atoms with Gasteiger partial charge in [-0.3, -0.25) is 0 Å². The number of hydrogen-bond acceptors (Lipinski definition) is 1. The zero-order chi connectivity index (χ0) is 13.5. The molecule has 0 saturated heterocycles. The number of hydrogen-bond donors (Lipinski definition) is 0. The predicted octanol–water partition coefficient (Wildman–Crippen LogP) is 5.09. The van der Waals surface area contributed by atoms with E-state index < -0.39 is 0 Å². The Labute approximate surface area is 122 Å². The minimum atomic E-state index is 0.346. The Morgan fingerprint density at radius 2 is 1.26 bits per heavy atom. The summed E-state index contributed by atoms with van der Waals surface area (Å²) in [5.41, 5.74) is 2.29. The monoisotopic (exact) mass is 283 g/mol. The number of nitrogens with zero attached hydrogens (tertiary/aromatic N) is 1. The summed E-state index contributed by atoms with van der Waals surface area (Å²) >= 11 is 0. The van der Waals surface area contributed by atoms with Gasteiger partial charge in [0.1, 0.15) is 0 Å². The highest BCUT2D eigenvalue weighted by atomic mass is 31.1. The average molecular weight is 283 g/mol. The molecule has 2 fully saturated rings. The van der Waals surface area contributed by atoms with E-state index in [1.54, 1.807) is 31.8 Å². The molecule has 0 aromatic heterocycles.